The van der Waals surface area contributed by atoms with Gasteiger partial charge in [-0.1, -0.05) is 11.6 Å². The van der Waals surface area contributed by atoms with Crippen molar-refractivity contribution < 1.29 is 9.59 Å². The van der Waals surface area contributed by atoms with Gasteiger partial charge in [0.15, 0.2) is 6.29 Å². The number of anilines is 1. The largest absolute Gasteiger partial charge is 0.368 e. The summed E-state index contributed by atoms with van der Waals surface area (Å²) in [5.74, 6) is -0.353. The van der Waals surface area contributed by atoms with Crippen molar-refractivity contribution in [3.8, 4) is 0 Å². The molecule has 1 aromatic carbocycles. The van der Waals surface area contributed by atoms with Gasteiger partial charge in [-0.25, -0.2) is 0 Å². The normalized spacial score (nSPS) is 19.4. The van der Waals surface area contributed by atoms with Crippen LogP contribution in [0.25, 0.3) is 0 Å². The van der Waals surface area contributed by atoms with Gasteiger partial charge in [0.05, 0.1) is 0 Å². The van der Waals surface area contributed by atoms with Gasteiger partial charge >= 0.3 is 0 Å². The molecule has 0 saturated carbocycles. The first kappa shape index (κ1) is 11.9. The lowest BCUT2D eigenvalue weighted by Gasteiger charge is -2.25. The van der Waals surface area contributed by atoms with E-state index in [1.165, 1.54) is 0 Å². The topological polar surface area (TPSA) is 63.4 Å². The lowest BCUT2D eigenvalue weighted by molar-refractivity contribution is -0.119. The fraction of sp³-hybridized carbons (Fsp3) is 0.333. The second-order valence-corrected chi connectivity index (χ2v) is 4.51. The summed E-state index contributed by atoms with van der Waals surface area (Å²) >= 11 is 5.83. The molecule has 1 saturated heterocycles. The van der Waals surface area contributed by atoms with Crippen molar-refractivity contribution in [3.63, 3.8) is 0 Å². The molecule has 1 fully saturated rings. The molecule has 5 heteroatoms. The van der Waals surface area contributed by atoms with Gasteiger partial charge in [-0.3, -0.25) is 9.59 Å². The number of hydrogen-bond donors (Lipinski definition) is 1. The first-order valence-electron chi connectivity index (χ1n) is 5.44. The third kappa shape index (κ3) is 2.26. The molecule has 2 N–H and O–H groups in total. The smallest absolute Gasteiger partial charge is 0.240 e. The Morgan fingerprint density at radius 1 is 1.53 bits per heavy atom. The lowest BCUT2D eigenvalue weighted by Crippen LogP contribution is -2.40. The third-order valence-corrected chi connectivity index (χ3v) is 3.24. The quantitative estimate of drug-likeness (QED) is 0.832. The van der Waals surface area contributed by atoms with Crippen LogP contribution in [0.4, 0.5) is 5.69 Å². The average molecular weight is 253 g/mol. The van der Waals surface area contributed by atoms with E-state index < -0.39 is 0 Å². The second kappa shape index (κ2) is 4.75. The standard InChI is InChI=1S/C12H13ClN2O2/c13-9-3-4-10(8(6-9)7-16)15-5-1-2-11(15)12(14)17/h3-4,6-7,11H,1-2,5H2,(H2,14,17). The number of carbonyl (C=O) groups is 2. The molecule has 0 bridgehead atoms. The zero-order valence-electron chi connectivity index (χ0n) is 9.23. The van der Waals surface area contributed by atoms with Crippen molar-refractivity contribution in [3.05, 3.63) is 28.8 Å². The second-order valence-electron chi connectivity index (χ2n) is 4.07. The molecule has 0 aromatic heterocycles. The molecule has 17 heavy (non-hydrogen) atoms. The molecule has 2 rings (SSSR count). The number of aldehydes is 1. The van der Waals surface area contributed by atoms with E-state index in [4.69, 9.17) is 17.3 Å². The summed E-state index contributed by atoms with van der Waals surface area (Å²) < 4.78 is 0. The minimum Gasteiger partial charge on any atom is -0.368 e. The van der Waals surface area contributed by atoms with E-state index >= 15 is 0 Å². The van der Waals surface area contributed by atoms with E-state index in [9.17, 15) is 9.59 Å². The molecule has 1 amide bonds. The van der Waals surface area contributed by atoms with Crippen molar-refractivity contribution in [2.24, 2.45) is 5.73 Å². The van der Waals surface area contributed by atoms with E-state index in [2.05, 4.69) is 0 Å². The van der Waals surface area contributed by atoms with Crippen LogP contribution in [0.5, 0.6) is 0 Å². The Labute approximate surface area is 104 Å². The number of halogens is 1. The highest BCUT2D eigenvalue weighted by Crippen LogP contribution is 2.29. The highest BCUT2D eigenvalue weighted by molar-refractivity contribution is 6.31. The molecule has 4 nitrogen and oxygen atoms in total. The highest BCUT2D eigenvalue weighted by atomic mass is 35.5. The van der Waals surface area contributed by atoms with E-state index in [1.807, 2.05) is 4.90 Å². The molecule has 1 unspecified atom stereocenters. The number of nitrogens with two attached hydrogens (primary N) is 1. The van der Waals surface area contributed by atoms with Gasteiger partial charge in [-0.05, 0) is 31.0 Å². The predicted molar refractivity (Wildman–Crippen MR) is 66.4 cm³/mol. The Bertz CT molecular complexity index is 462. The third-order valence-electron chi connectivity index (χ3n) is 3.01. The number of hydrogen-bond acceptors (Lipinski definition) is 3. The van der Waals surface area contributed by atoms with E-state index in [1.54, 1.807) is 18.2 Å². The van der Waals surface area contributed by atoms with Gasteiger partial charge in [0.1, 0.15) is 6.04 Å². The number of primary amides is 1. The number of amides is 1. The molecule has 90 valence electrons. The predicted octanol–water partition coefficient (Wildman–Crippen LogP) is 1.61. The van der Waals surface area contributed by atoms with E-state index in [0.29, 0.717) is 10.6 Å². The minimum atomic E-state index is -0.353. The first-order valence-corrected chi connectivity index (χ1v) is 5.82. The summed E-state index contributed by atoms with van der Waals surface area (Å²) in [6.45, 7) is 0.732. The van der Waals surface area contributed by atoms with Gasteiger partial charge in [0.25, 0.3) is 0 Å². The van der Waals surface area contributed by atoms with Crippen LogP contribution in [-0.4, -0.2) is 24.8 Å². The summed E-state index contributed by atoms with van der Waals surface area (Å²) in [6, 6.07) is 4.74. The fourth-order valence-corrected chi connectivity index (χ4v) is 2.41. The van der Waals surface area contributed by atoms with Gasteiger partial charge in [0.2, 0.25) is 5.91 Å². The van der Waals surface area contributed by atoms with Crippen LogP contribution in [0.2, 0.25) is 5.02 Å². The fourth-order valence-electron chi connectivity index (χ4n) is 2.23. The van der Waals surface area contributed by atoms with Crippen molar-refractivity contribution >= 4 is 29.5 Å². The molecular formula is C12H13ClN2O2. The van der Waals surface area contributed by atoms with Crippen LogP contribution < -0.4 is 10.6 Å². The summed E-state index contributed by atoms with van der Waals surface area (Å²) in [5.41, 5.74) is 6.57. The summed E-state index contributed by atoms with van der Waals surface area (Å²) in [6.07, 6.45) is 2.38. The molecule has 1 atom stereocenters. The Kier molecular flexibility index (Phi) is 3.33. The molecule has 1 aliphatic rings. The van der Waals surface area contributed by atoms with E-state index in [-0.39, 0.29) is 11.9 Å². The van der Waals surface area contributed by atoms with Gasteiger partial charge < -0.3 is 10.6 Å². The van der Waals surface area contributed by atoms with Crippen molar-refractivity contribution in [1.82, 2.24) is 0 Å². The van der Waals surface area contributed by atoms with Gasteiger partial charge in [-0.2, -0.15) is 0 Å². The first-order chi connectivity index (χ1) is 8.13. The van der Waals surface area contributed by atoms with Crippen LogP contribution in [0.1, 0.15) is 23.2 Å². The zero-order valence-corrected chi connectivity index (χ0v) is 9.98. The summed E-state index contributed by atoms with van der Waals surface area (Å²) in [5, 5.41) is 0.505. The molecule has 0 spiro atoms. The molecule has 0 radical (unpaired) electrons. The lowest BCUT2D eigenvalue weighted by atomic mass is 10.1. The maximum absolute atomic E-state index is 11.3. The van der Waals surface area contributed by atoms with Crippen LogP contribution >= 0.6 is 11.6 Å². The monoisotopic (exact) mass is 252 g/mol. The highest BCUT2D eigenvalue weighted by Gasteiger charge is 2.30. The molecule has 1 heterocycles. The molecule has 1 aromatic rings. The van der Waals surface area contributed by atoms with Crippen molar-refractivity contribution in [1.29, 1.82) is 0 Å². The summed E-state index contributed by atoms with van der Waals surface area (Å²) in [4.78, 5) is 24.2. The Hall–Kier alpha value is -1.55. The summed E-state index contributed by atoms with van der Waals surface area (Å²) in [7, 11) is 0. The van der Waals surface area contributed by atoms with Gasteiger partial charge in [0, 0.05) is 22.8 Å². The van der Waals surface area contributed by atoms with Gasteiger partial charge in [-0.15, -0.1) is 0 Å². The van der Waals surface area contributed by atoms with Crippen LogP contribution in [-0.2, 0) is 4.79 Å². The van der Waals surface area contributed by atoms with Crippen LogP contribution in [0, 0.1) is 0 Å². The Balaban J connectivity index is 2.39. The number of rotatable bonds is 3. The molecule has 1 aliphatic heterocycles. The molecule has 0 aliphatic carbocycles. The number of carbonyl (C=O) groups excluding carboxylic acids is 2. The molecular weight excluding hydrogens is 240 g/mol. The zero-order chi connectivity index (χ0) is 12.4. The Morgan fingerprint density at radius 3 is 2.94 bits per heavy atom. The van der Waals surface area contributed by atoms with Crippen LogP contribution in [0.3, 0.4) is 0 Å². The maximum Gasteiger partial charge on any atom is 0.240 e. The van der Waals surface area contributed by atoms with E-state index in [0.717, 1.165) is 31.4 Å². The maximum atomic E-state index is 11.3. The van der Waals surface area contributed by atoms with Crippen molar-refractivity contribution in [2.45, 2.75) is 18.9 Å². The average Bonchev–Trinajstić information content (AvgIpc) is 2.77. The van der Waals surface area contributed by atoms with Crippen molar-refractivity contribution in [2.75, 3.05) is 11.4 Å². The SMILES string of the molecule is NC(=O)C1CCCN1c1ccc(Cl)cc1C=O. The minimum absolute atomic E-state index is 0.324. The number of benzene rings is 1. The van der Waals surface area contributed by atoms with Crippen LogP contribution in [0.15, 0.2) is 18.2 Å². The number of nitrogens with zero attached hydrogens (tertiary/aromatic N) is 1. The Morgan fingerprint density at radius 2 is 2.29 bits per heavy atom.